The smallest absolute Gasteiger partial charge is 0.116 e. The summed E-state index contributed by atoms with van der Waals surface area (Å²) >= 11 is 0. The largest absolute Gasteiger partial charge is 0.244 e. The van der Waals surface area contributed by atoms with Crippen LogP contribution in [-0.2, 0) is 0 Å². The highest BCUT2D eigenvalue weighted by atomic mass is 14.8. The molecule has 0 N–H and O–H groups in total. The van der Waals surface area contributed by atoms with Crippen molar-refractivity contribution in [3.05, 3.63) is 72.7 Å². The van der Waals surface area contributed by atoms with Crippen molar-refractivity contribution in [3.63, 3.8) is 0 Å². The zero-order valence-electron chi connectivity index (χ0n) is 9.69. The fourth-order valence-electron chi connectivity index (χ4n) is 1.44. The van der Waals surface area contributed by atoms with Gasteiger partial charge in [0, 0.05) is 11.6 Å². The van der Waals surface area contributed by atoms with E-state index in [-0.39, 0.29) is 0 Å². The lowest BCUT2D eigenvalue weighted by Gasteiger charge is -1.90. The van der Waals surface area contributed by atoms with E-state index in [1.807, 2.05) is 54.7 Å². The van der Waals surface area contributed by atoms with Crippen molar-refractivity contribution < 1.29 is 0 Å². The Balaban J connectivity index is 0.000000138. The number of rotatable bonds is 0. The molecule has 0 bridgehead atoms. The van der Waals surface area contributed by atoms with Crippen molar-refractivity contribution in [2.24, 2.45) is 0 Å². The molecule has 0 spiro atoms. The Morgan fingerprint density at radius 2 is 1.61 bits per heavy atom. The first-order chi connectivity index (χ1) is 8.90. The van der Waals surface area contributed by atoms with Crippen LogP contribution in [0.2, 0.25) is 0 Å². The number of para-hydroxylation sites is 1. The second-order valence-corrected chi connectivity index (χ2v) is 3.56. The van der Waals surface area contributed by atoms with Crippen LogP contribution < -0.4 is 0 Å². The van der Waals surface area contributed by atoms with Crippen molar-refractivity contribution in [1.29, 1.82) is 5.26 Å². The van der Waals surface area contributed by atoms with Gasteiger partial charge in [0.15, 0.2) is 0 Å². The summed E-state index contributed by atoms with van der Waals surface area (Å²) in [6, 6.07) is 19.1. The van der Waals surface area contributed by atoms with E-state index in [1.54, 1.807) is 18.5 Å². The number of benzene rings is 2. The standard InChI is InChI=1S/C8H6N2.C7H5N/c1-2-4-8-7(3-1)5-9-6-10-8;8-6-7-4-2-1-3-5-7/h1-6H;1-5H. The molecule has 0 aliphatic heterocycles. The van der Waals surface area contributed by atoms with E-state index >= 15 is 0 Å². The minimum absolute atomic E-state index is 0.715. The van der Waals surface area contributed by atoms with Gasteiger partial charge in [0.1, 0.15) is 6.33 Å². The van der Waals surface area contributed by atoms with E-state index in [0.717, 1.165) is 10.9 Å². The third-order valence-electron chi connectivity index (χ3n) is 2.32. The van der Waals surface area contributed by atoms with Gasteiger partial charge in [-0.1, -0.05) is 36.4 Å². The summed E-state index contributed by atoms with van der Waals surface area (Å²) in [6.45, 7) is 0. The van der Waals surface area contributed by atoms with Crippen LogP contribution in [0.3, 0.4) is 0 Å². The molecular weight excluding hydrogens is 222 g/mol. The summed E-state index contributed by atoms with van der Waals surface area (Å²) in [5.74, 6) is 0. The summed E-state index contributed by atoms with van der Waals surface area (Å²) < 4.78 is 0. The second-order valence-electron chi connectivity index (χ2n) is 3.56. The monoisotopic (exact) mass is 233 g/mol. The zero-order valence-corrected chi connectivity index (χ0v) is 9.69. The predicted octanol–water partition coefficient (Wildman–Crippen LogP) is 3.19. The SMILES string of the molecule is N#Cc1ccccc1.c1ccc2ncncc2c1. The third-order valence-corrected chi connectivity index (χ3v) is 2.32. The fourth-order valence-corrected chi connectivity index (χ4v) is 1.44. The minimum atomic E-state index is 0.715. The summed E-state index contributed by atoms with van der Waals surface area (Å²) in [7, 11) is 0. The summed E-state index contributed by atoms with van der Waals surface area (Å²) in [4.78, 5) is 7.97. The molecule has 0 saturated carbocycles. The Bertz CT molecular complexity index is 592. The normalized spacial score (nSPS) is 9.06. The average Bonchev–Trinajstić information content (AvgIpc) is 2.49. The number of fused-ring (bicyclic) bond motifs is 1. The Labute approximate surface area is 105 Å². The van der Waals surface area contributed by atoms with Crippen LogP contribution in [0, 0.1) is 11.3 Å². The van der Waals surface area contributed by atoms with Gasteiger partial charge in [-0.05, 0) is 18.2 Å². The van der Waals surface area contributed by atoms with Crippen LogP contribution in [0.1, 0.15) is 5.56 Å². The van der Waals surface area contributed by atoms with Crippen LogP contribution in [0.15, 0.2) is 67.1 Å². The molecule has 3 rings (SSSR count). The van der Waals surface area contributed by atoms with Gasteiger partial charge in [-0.25, -0.2) is 9.97 Å². The van der Waals surface area contributed by atoms with E-state index < -0.39 is 0 Å². The van der Waals surface area contributed by atoms with Gasteiger partial charge < -0.3 is 0 Å². The predicted molar refractivity (Wildman–Crippen MR) is 70.7 cm³/mol. The molecule has 1 aromatic heterocycles. The molecule has 18 heavy (non-hydrogen) atoms. The van der Waals surface area contributed by atoms with E-state index in [9.17, 15) is 0 Å². The lowest BCUT2D eigenvalue weighted by molar-refractivity contribution is 1.22. The molecule has 0 aliphatic carbocycles. The number of nitriles is 1. The molecule has 2 aromatic carbocycles. The van der Waals surface area contributed by atoms with Gasteiger partial charge in [-0.2, -0.15) is 5.26 Å². The molecule has 3 aromatic rings. The molecule has 86 valence electrons. The van der Waals surface area contributed by atoms with Gasteiger partial charge in [-0.3, -0.25) is 0 Å². The number of hydrogen-bond acceptors (Lipinski definition) is 3. The molecule has 0 radical (unpaired) electrons. The van der Waals surface area contributed by atoms with Crippen LogP contribution in [-0.4, -0.2) is 9.97 Å². The van der Waals surface area contributed by atoms with Gasteiger partial charge >= 0.3 is 0 Å². The average molecular weight is 233 g/mol. The summed E-state index contributed by atoms with van der Waals surface area (Å²) in [5.41, 5.74) is 1.71. The highest BCUT2D eigenvalue weighted by Gasteiger charge is 1.87. The second kappa shape index (κ2) is 6.12. The Kier molecular flexibility index (Phi) is 3.99. The third kappa shape index (κ3) is 3.13. The lowest BCUT2D eigenvalue weighted by atomic mass is 10.2. The molecule has 0 aliphatic rings. The maximum atomic E-state index is 8.29. The molecule has 3 heteroatoms. The summed E-state index contributed by atoms with van der Waals surface area (Å²) in [5, 5.41) is 9.38. The van der Waals surface area contributed by atoms with E-state index in [0.29, 0.717) is 5.56 Å². The molecule has 0 amide bonds. The first-order valence-corrected chi connectivity index (χ1v) is 5.50. The van der Waals surface area contributed by atoms with Gasteiger partial charge in [0.25, 0.3) is 0 Å². The van der Waals surface area contributed by atoms with Crippen molar-refractivity contribution >= 4 is 10.9 Å². The van der Waals surface area contributed by atoms with E-state index in [4.69, 9.17) is 5.26 Å². The van der Waals surface area contributed by atoms with Crippen LogP contribution in [0.25, 0.3) is 10.9 Å². The lowest BCUT2D eigenvalue weighted by Crippen LogP contribution is -1.77. The van der Waals surface area contributed by atoms with E-state index in [2.05, 4.69) is 9.97 Å². The maximum Gasteiger partial charge on any atom is 0.116 e. The summed E-state index contributed by atoms with van der Waals surface area (Å²) in [6.07, 6.45) is 3.37. The number of aromatic nitrogens is 2. The van der Waals surface area contributed by atoms with Gasteiger partial charge in [-0.15, -0.1) is 0 Å². The molecular formula is C15H11N3. The molecule has 3 nitrogen and oxygen atoms in total. The van der Waals surface area contributed by atoms with E-state index in [1.165, 1.54) is 0 Å². The number of hydrogen-bond donors (Lipinski definition) is 0. The van der Waals surface area contributed by atoms with Crippen molar-refractivity contribution in [3.8, 4) is 6.07 Å². The minimum Gasteiger partial charge on any atom is -0.244 e. The Morgan fingerprint density at radius 3 is 2.28 bits per heavy atom. The van der Waals surface area contributed by atoms with Gasteiger partial charge in [0.2, 0.25) is 0 Å². The van der Waals surface area contributed by atoms with Crippen molar-refractivity contribution in [2.75, 3.05) is 0 Å². The maximum absolute atomic E-state index is 8.29. The first-order valence-electron chi connectivity index (χ1n) is 5.50. The zero-order chi connectivity index (χ0) is 12.6. The quantitative estimate of drug-likeness (QED) is 0.599. The first kappa shape index (κ1) is 11.7. The molecule has 0 fully saturated rings. The van der Waals surface area contributed by atoms with Crippen molar-refractivity contribution in [2.45, 2.75) is 0 Å². The highest BCUT2D eigenvalue weighted by molar-refractivity contribution is 5.76. The Hall–Kier alpha value is -2.73. The van der Waals surface area contributed by atoms with Crippen LogP contribution in [0.5, 0.6) is 0 Å². The van der Waals surface area contributed by atoms with Crippen LogP contribution in [0.4, 0.5) is 0 Å². The highest BCUT2D eigenvalue weighted by Crippen LogP contribution is 2.06. The molecule has 0 saturated heterocycles. The number of nitrogens with zero attached hydrogens (tertiary/aromatic N) is 3. The Morgan fingerprint density at radius 1 is 0.889 bits per heavy atom. The molecule has 0 atom stereocenters. The fraction of sp³-hybridized carbons (Fsp3) is 0. The van der Waals surface area contributed by atoms with Crippen LogP contribution >= 0.6 is 0 Å². The van der Waals surface area contributed by atoms with Crippen molar-refractivity contribution in [1.82, 2.24) is 9.97 Å². The molecule has 1 heterocycles. The molecule has 0 unspecified atom stereocenters. The topological polar surface area (TPSA) is 49.6 Å². The van der Waals surface area contributed by atoms with Gasteiger partial charge in [0.05, 0.1) is 17.1 Å².